The summed E-state index contributed by atoms with van der Waals surface area (Å²) in [6.45, 7) is 2.14. The van der Waals surface area contributed by atoms with Crippen LogP contribution in [0.1, 0.15) is 38.5 Å². The molecule has 3 unspecified atom stereocenters. The number of likely N-dealkylation sites (tertiary alicyclic amines) is 1. The van der Waals surface area contributed by atoms with Gasteiger partial charge in [-0.1, -0.05) is 0 Å². The minimum Gasteiger partial charge on any atom is -0.381 e. The van der Waals surface area contributed by atoms with E-state index < -0.39 is 0 Å². The molecule has 0 radical (unpaired) electrons. The molecule has 110 valence electrons. The molecule has 5 heteroatoms. The molecule has 0 aromatic heterocycles. The molecule has 0 aromatic rings. The topological polar surface area (TPSA) is 64.8 Å². The molecule has 19 heavy (non-hydrogen) atoms. The van der Waals surface area contributed by atoms with Crippen LogP contribution in [0.15, 0.2) is 0 Å². The number of ether oxygens (including phenoxy) is 2. The lowest BCUT2D eigenvalue weighted by atomic mass is 9.98. The van der Waals surface area contributed by atoms with Crippen LogP contribution in [0.2, 0.25) is 0 Å². The molecule has 2 N–H and O–H groups in total. The van der Waals surface area contributed by atoms with E-state index in [2.05, 4.69) is 0 Å². The van der Waals surface area contributed by atoms with Crippen molar-refractivity contribution in [2.24, 2.45) is 5.73 Å². The van der Waals surface area contributed by atoms with E-state index in [4.69, 9.17) is 15.2 Å². The Morgan fingerprint density at radius 2 is 2.32 bits per heavy atom. The number of amides is 1. The number of carbonyl (C=O) groups is 1. The Hall–Kier alpha value is -0.650. The molecule has 5 nitrogen and oxygen atoms in total. The van der Waals surface area contributed by atoms with Gasteiger partial charge in [0.05, 0.1) is 12.2 Å². The van der Waals surface area contributed by atoms with Gasteiger partial charge in [0, 0.05) is 39.3 Å². The lowest BCUT2D eigenvalue weighted by Gasteiger charge is -2.38. The Morgan fingerprint density at radius 3 is 2.95 bits per heavy atom. The van der Waals surface area contributed by atoms with Gasteiger partial charge in [0.15, 0.2) is 0 Å². The smallest absolute Gasteiger partial charge is 0.222 e. The Kier molecular flexibility index (Phi) is 5.60. The van der Waals surface area contributed by atoms with Gasteiger partial charge < -0.3 is 20.1 Å². The van der Waals surface area contributed by atoms with Crippen LogP contribution in [0.5, 0.6) is 0 Å². The number of piperidine rings is 1. The number of hydrogen-bond acceptors (Lipinski definition) is 4. The number of methoxy groups -OCH3 is 1. The second-order valence-corrected chi connectivity index (χ2v) is 5.53. The molecule has 0 aliphatic carbocycles. The first-order valence-corrected chi connectivity index (χ1v) is 7.38. The standard InChI is InChI=1S/C14H26N2O3/c1-18-13-6-7-16(11(9-13)10-15)14(17)5-4-12-3-2-8-19-12/h11-13H,2-10,15H2,1H3. The van der Waals surface area contributed by atoms with Crippen molar-refractivity contribution in [3.8, 4) is 0 Å². The van der Waals surface area contributed by atoms with E-state index in [0.717, 1.165) is 45.3 Å². The zero-order chi connectivity index (χ0) is 13.7. The van der Waals surface area contributed by atoms with Gasteiger partial charge in [0.1, 0.15) is 0 Å². The normalized spacial score (nSPS) is 31.7. The highest BCUT2D eigenvalue weighted by Crippen LogP contribution is 2.22. The number of hydrogen-bond donors (Lipinski definition) is 1. The highest BCUT2D eigenvalue weighted by Gasteiger charge is 2.31. The van der Waals surface area contributed by atoms with E-state index in [1.54, 1.807) is 7.11 Å². The molecule has 2 rings (SSSR count). The van der Waals surface area contributed by atoms with Gasteiger partial charge >= 0.3 is 0 Å². The average molecular weight is 270 g/mol. The van der Waals surface area contributed by atoms with Gasteiger partial charge in [-0.2, -0.15) is 0 Å². The fraction of sp³-hybridized carbons (Fsp3) is 0.929. The largest absolute Gasteiger partial charge is 0.381 e. The predicted molar refractivity (Wildman–Crippen MR) is 72.8 cm³/mol. The van der Waals surface area contributed by atoms with E-state index in [9.17, 15) is 4.79 Å². The SMILES string of the molecule is COC1CCN(C(=O)CCC2CCCO2)C(CN)C1. The maximum Gasteiger partial charge on any atom is 0.222 e. The molecule has 2 heterocycles. The van der Waals surface area contributed by atoms with E-state index in [-0.39, 0.29) is 24.2 Å². The van der Waals surface area contributed by atoms with Crippen LogP contribution in [0.25, 0.3) is 0 Å². The van der Waals surface area contributed by atoms with E-state index in [1.807, 2.05) is 4.90 Å². The monoisotopic (exact) mass is 270 g/mol. The Labute approximate surface area is 115 Å². The van der Waals surface area contributed by atoms with Crippen LogP contribution in [-0.2, 0) is 14.3 Å². The molecule has 0 spiro atoms. The molecule has 1 amide bonds. The highest BCUT2D eigenvalue weighted by molar-refractivity contribution is 5.76. The van der Waals surface area contributed by atoms with Gasteiger partial charge in [-0.15, -0.1) is 0 Å². The molecule has 0 saturated carbocycles. The first-order valence-electron chi connectivity index (χ1n) is 7.38. The van der Waals surface area contributed by atoms with Gasteiger partial charge in [-0.3, -0.25) is 4.79 Å². The van der Waals surface area contributed by atoms with Gasteiger partial charge in [0.25, 0.3) is 0 Å². The van der Waals surface area contributed by atoms with E-state index in [1.165, 1.54) is 0 Å². The van der Waals surface area contributed by atoms with Gasteiger partial charge in [-0.05, 0) is 32.1 Å². The third-order valence-corrected chi connectivity index (χ3v) is 4.30. The zero-order valence-corrected chi connectivity index (χ0v) is 11.8. The van der Waals surface area contributed by atoms with Crippen LogP contribution < -0.4 is 5.73 Å². The summed E-state index contributed by atoms with van der Waals surface area (Å²) in [6, 6.07) is 0.135. The average Bonchev–Trinajstić information content (AvgIpc) is 2.97. The second-order valence-electron chi connectivity index (χ2n) is 5.53. The van der Waals surface area contributed by atoms with Crippen molar-refractivity contribution in [1.82, 2.24) is 4.90 Å². The fourth-order valence-electron chi connectivity index (χ4n) is 3.08. The molecular weight excluding hydrogens is 244 g/mol. The van der Waals surface area contributed by atoms with Crippen molar-refractivity contribution >= 4 is 5.91 Å². The zero-order valence-electron chi connectivity index (χ0n) is 11.8. The number of rotatable bonds is 5. The number of carbonyl (C=O) groups excluding carboxylic acids is 1. The molecular formula is C14H26N2O3. The van der Waals surface area contributed by atoms with Crippen molar-refractivity contribution < 1.29 is 14.3 Å². The molecule has 0 aromatic carbocycles. The number of nitrogens with zero attached hydrogens (tertiary/aromatic N) is 1. The Balaban J connectivity index is 1.79. The highest BCUT2D eigenvalue weighted by atomic mass is 16.5. The van der Waals surface area contributed by atoms with Crippen LogP contribution in [0.3, 0.4) is 0 Å². The van der Waals surface area contributed by atoms with Crippen molar-refractivity contribution in [3.63, 3.8) is 0 Å². The predicted octanol–water partition coefficient (Wildman–Crippen LogP) is 0.910. The lowest BCUT2D eigenvalue weighted by Crippen LogP contribution is -2.51. The molecule has 0 bridgehead atoms. The van der Waals surface area contributed by atoms with Crippen molar-refractivity contribution in [2.45, 2.75) is 56.8 Å². The maximum atomic E-state index is 12.3. The van der Waals surface area contributed by atoms with Gasteiger partial charge in [0.2, 0.25) is 5.91 Å². The molecule has 2 saturated heterocycles. The summed E-state index contributed by atoms with van der Waals surface area (Å²) >= 11 is 0. The van der Waals surface area contributed by atoms with Crippen LogP contribution in [0.4, 0.5) is 0 Å². The van der Waals surface area contributed by atoms with Crippen molar-refractivity contribution in [2.75, 3.05) is 26.8 Å². The fourth-order valence-corrected chi connectivity index (χ4v) is 3.08. The van der Waals surface area contributed by atoms with Crippen LogP contribution in [0, 0.1) is 0 Å². The number of nitrogens with two attached hydrogens (primary N) is 1. The van der Waals surface area contributed by atoms with E-state index >= 15 is 0 Å². The van der Waals surface area contributed by atoms with Crippen LogP contribution >= 0.6 is 0 Å². The third-order valence-electron chi connectivity index (χ3n) is 4.30. The maximum absolute atomic E-state index is 12.3. The minimum absolute atomic E-state index is 0.135. The summed E-state index contributed by atoms with van der Waals surface area (Å²) in [5, 5.41) is 0. The third kappa shape index (κ3) is 3.91. The quantitative estimate of drug-likeness (QED) is 0.806. The van der Waals surface area contributed by atoms with Crippen molar-refractivity contribution in [3.05, 3.63) is 0 Å². The van der Waals surface area contributed by atoms with E-state index in [0.29, 0.717) is 13.0 Å². The first-order chi connectivity index (χ1) is 9.24. The molecule has 2 aliphatic rings. The van der Waals surface area contributed by atoms with Crippen LogP contribution in [-0.4, -0.2) is 55.9 Å². The minimum atomic E-state index is 0.135. The Bertz CT molecular complexity index is 292. The summed E-state index contributed by atoms with van der Waals surface area (Å²) in [5.41, 5.74) is 5.79. The summed E-state index contributed by atoms with van der Waals surface area (Å²) in [4.78, 5) is 14.2. The lowest BCUT2D eigenvalue weighted by molar-refractivity contribution is -0.137. The molecule has 3 atom stereocenters. The van der Waals surface area contributed by atoms with Crippen molar-refractivity contribution in [1.29, 1.82) is 0 Å². The summed E-state index contributed by atoms with van der Waals surface area (Å²) < 4.78 is 10.9. The first kappa shape index (κ1) is 14.8. The van der Waals surface area contributed by atoms with Gasteiger partial charge in [-0.25, -0.2) is 0 Å². The molecule has 2 fully saturated rings. The molecule has 2 aliphatic heterocycles. The summed E-state index contributed by atoms with van der Waals surface area (Å²) in [7, 11) is 1.73. The second kappa shape index (κ2) is 7.22. The summed E-state index contributed by atoms with van der Waals surface area (Å²) in [5.74, 6) is 0.223. The Morgan fingerprint density at radius 1 is 1.47 bits per heavy atom. The summed E-state index contributed by atoms with van der Waals surface area (Å²) in [6.07, 6.45) is 5.96.